The van der Waals surface area contributed by atoms with Gasteiger partial charge in [0.15, 0.2) is 0 Å². The highest BCUT2D eigenvalue weighted by atomic mass is 16.5. The normalized spacial score (nSPS) is 19.6. The molecule has 1 aliphatic rings. The van der Waals surface area contributed by atoms with Crippen LogP contribution in [0, 0.1) is 0 Å². The molecule has 0 radical (unpaired) electrons. The summed E-state index contributed by atoms with van der Waals surface area (Å²) >= 11 is 0. The molecule has 1 fully saturated rings. The Kier molecular flexibility index (Phi) is 3.19. The Bertz CT molecular complexity index is 412. The second-order valence-electron chi connectivity index (χ2n) is 3.96. The third kappa shape index (κ3) is 2.19. The lowest BCUT2D eigenvalue weighted by Crippen LogP contribution is -2.33. The van der Waals surface area contributed by atoms with Crippen LogP contribution >= 0.6 is 0 Å². The summed E-state index contributed by atoms with van der Waals surface area (Å²) in [5.74, 6) is 1.26. The standard InChI is InChI=1S/C12H16N2O3/c1-16-9-5-8(6-10(7-9)17-2)14-4-3-11(13)12(14)15/h5-7,11H,3-4,13H2,1-2H3/t11-/m1/s1. The van der Waals surface area contributed by atoms with Crippen molar-refractivity contribution < 1.29 is 14.3 Å². The van der Waals surface area contributed by atoms with Crippen molar-refractivity contribution in [3.8, 4) is 11.5 Å². The molecule has 1 amide bonds. The predicted octanol–water partition coefficient (Wildman–Crippen LogP) is 0.768. The Morgan fingerprint density at radius 2 is 1.82 bits per heavy atom. The van der Waals surface area contributed by atoms with Crippen LogP contribution in [0.5, 0.6) is 11.5 Å². The van der Waals surface area contributed by atoms with Crippen molar-refractivity contribution in [3.05, 3.63) is 18.2 Å². The van der Waals surface area contributed by atoms with Gasteiger partial charge in [0.05, 0.1) is 25.9 Å². The zero-order chi connectivity index (χ0) is 12.4. The van der Waals surface area contributed by atoms with Gasteiger partial charge in [0, 0.05) is 24.7 Å². The molecule has 1 heterocycles. The van der Waals surface area contributed by atoms with Crippen molar-refractivity contribution in [2.75, 3.05) is 25.7 Å². The summed E-state index contributed by atoms with van der Waals surface area (Å²) in [5.41, 5.74) is 6.46. The minimum atomic E-state index is -0.396. The van der Waals surface area contributed by atoms with E-state index in [-0.39, 0.29) is 5.91 Å². The number of carbonyl (C=O) groups excluding carboxylic acids is 1. The molecule has 2 rings (SSSR count). The molecule has 1 atom stereocenters. The molecule has 0 bridgehead atoms. The summed E-state index contributed by atoms with van der Waals surface area (Å²) in [7, 11) is 3.16. The number of nitrogens with two attached hydrogens (primary N) is 1. The molecule has 5 heteroatoms. The maximum atomic E-state index is 11.8. The summed E-state index contributed by atoms with van der Waals surface area (Å²) in [6.45, 7) is 0.635. The Morgan fingerprint density at radius 3 is 2.24 bits per heavy atom. The van der Waals surface area contributed by atoms with E-state index in [1.165, 1.54) is 0 Å². The second-order valence-corrected chi connectivity index (χ2v) is 3.96. The van der Waals surface area contributed by atoms with Gasteiger partial charge < -0.3 is 20.1 Å². The largest absolute Gasteiger partial charge is 0.497 e. The van der Waals surface area contributed by atoms with E-state index < -0.39 is 6.04 Å². The van der Waals surface area contributed by atoms with Crippen LogP contribution in [0.15, 0.2) is 18.2 Å². The molecule has 0 aromatic heterocycles. The van der Waals surface area contributed by atoms with Crippen LogP contribution in [0.1, 0.15) is 6.42 Å². The SMILES string of the molecule is COc1cc(OC)cc(N2CC[C@@H](N)C2=O)c1. The van der Waals surface area contributed by atoms with Crippen molar-refractivity contribution in [1.82, 2.24) is 0 Å². The number of hydrogen-bond acceptors (Lipinski definition) is 4. The minimum Gasteiger partial charge on any atom is -0.497 e. The first kappa shape index (κ1) is 11.7. The first-order valence-electron chi connectivity index (χ1n) is 5.45. The zero-order valence-corrected chi connectivity index (χ0v) is 9.97. The molecular formula is C12H16N2O3. The van der Waals surface area contributed by atoms with E-state index in [2.05, 4.69) is 0 Å². The first-order valence-corrected chi connectivity index (χ1v) is 5.45. The number of hydrogen-bond donors (Lipinski definition) is 1. The van der Waals surface area contributed by atoms with Crippen molar-refractivity contribution in [2.45, 2.75) is 12.5 Å². The van der Waals surface area contributed by atoms with Crippen LogP contribution in [-0.4, -0.2) is 32.7 Å². The molecule has 92 valence electrons. The summed E-state index contributed by atoms with van der Waals surface area (Å²) in [5, 5.41) is 0. The lowest BCUT2D eigenvalue weighted by molar-refractivity contribution is -0.118. The molecule has 1 aliphatic heterocycles. The van der Waals surface area contributed by atoms with Gasteiger partial charge in [0.25, 0.3) is 0 Å². The molecule has 0 aliphatic carbocycles. The van der Waals surface area contributed by atoms with Gasteiger partial charge >= 0.3 is 0 Å². The Hall–Kier alpha value is -1.75. The van der Waals surface area contributed by atoms with E-state index in [4.69, 9.17) is 15.2 Å². The monoisotopic (exact) mass is 236 g/mol. The minimum absolute atomic E-state index is 0.0553. The van der Waals surface area contributed by atoms with Crippen LogP contribution in [0.3, 0.4) is 0 Å². The van der Waals surface area contributed by atoms with Crippen molar-refractivity contribution in [2.24, 2.45) is 5.73 Å². The molecule has 1 aromatic carbocycles. The topological polar surface area (TPSA) is 64.8 Å². The van der Waals surface area contributed by atoms with Crippen LogP contribution < -0.4 is 20.1 Å². The highest BCUT2D eigenvalue weighted by Gasteiger charge is 2.30. The third-order valence-electron chi connectivity index (χ3n) is 2.89. The lowest BCUT2D eigenvalue weighted by Gasteiger charge is -2.18. The smallest absolute Gasteiger partial charge is 0.243 e. The number of ether oxygens (including phenoxy) is 2. The summed E-state index contributed by atoms with van der Waals surface area (Å²) in [4.78, 5) is 13.5. The van der Waals surface area contributed by atoms with E-state index in [0.717, 1.165) is 5.69 Å². The second kappa shape index (κ2) is 4.63. The molecule has 1 aromatic rings. The van der Waals surface area contributed by atoms with Gasteiger partial charge in [-0.3, -0.25) is 4.79 Å². The first-order chi connectivity index (χ1) is 8.15. The highest BCUT2D eigenvalue weighted by molar-refractivity contribution is 5.99. The van der Waals surface area contributed by atoms with E-state index in [0.29, 0.717) is 24.5 Å². The van der Waals surface area contributed by atoms with Crippen LogP contribution in [0.4, 0.5) is 5.69 Å². The van der Waals surface area contributed by atoms with Gasteiger partial charge in [-0.15, -0.1) is 0 Å². The van der Waals surface area contributed by atoms with E-state index in [1.807, 2.05) is 0 Å². The van der Waals surface area contributed by atoms with Gasteiger partial charge in [0.2, 0.25) is 5.91 Å². The van der Waals surface area contributed by atoms with Crippen molar-refractivity contribution in [3.63, 3.8) is 0 Å². The third-order valence-corrected chi connectivity index (χ3v) is 2.89. The number of methoxy groups -OCH3 is 2. The molecule has 0 saturated carbocycles. The van der Waals surface area contributed by atoms with Gasteiger partial charge in [-0.25, -0.2) is 0 Å². The molecule has 0 spiro atoms. The number of benzene rings is 1. The van der Waals surface area contributed by atoms with Gasteiger partial charge in [-0.2, -0.15) is 0 Å². The molecular weight excluding hydrogens is 220 g/mol. The summed E-state index contributed by atoms with van der Waals surface area (Å²) in [6.07, 6.45) is 0.679. The van der Waals surface area contributed by atoms with Crippen molar-refractivity contribution in [1.29, 1.82) is 0 Å². The fourth-order valence-electron chi connectivity index (χ4n) is 1.91. The van der Waals surface area contributed by atoms with E-state index in [1.54, 1.807) is 37.3 Å². The maximum absolute atomic E-state index is 11.8. The maximum Gasteiger partial charge on any atom is 0.243 e. The number of anilines is 1. The van der Waals surface area contributed by atoms with Crippen LogP contribution in [0.25, 0.3) is 0 Å². The number of amides is 1. The predicted molar refractivity (Wildman–Crippen MR) is 64.5 cm³/mol. The van der Waals surface area contributed by atoms with E-state index >= 15 is 0 Å². The molecule has 2 N–H and O–H groups in total. The summed E-state index contributed by atoms with van der Waals surface area (Å²) < 4.78 is 10.3. The average Bonchev–Trinajstić information content (AvgIpc) is 2.69. The fraction of sp³-hybridized carbons (Fsp3) is 0.417. The molecule has 0 unspecified atom stereocenters. The lowest BCUT2D eigenvalue weighted by atomic mass is 10.2. The zero-order valence-electron chi connectivity index (χ0n) is 9.97. The molecule has 1 saturated heterocycles. The van der Waals surface area contributed by atoms with Crippen molar-refractivity contribution >= 4 is 11.6 Å². The summed E-state index contributed by atoms with van der Waals surface area (Å²) in [6, 6.07) is 4.98. The van der Waals surface area contributed by atoms with Gasteiger partial charge in [-0.05, 0) is 6.42 Å². The molecule has 17 heavy (non-hydrogen) atoms. The number of rotatable bonds is 3. The Balaban J connectivity index is 2.34. The fourth-order valence-corrected chi connectivity index (χ4v) is 1.91. The quantitative estimate of drug-likeness (QED) is 0.841. The highest BCUT2D eigenvalue weighted by Crippen LogP contribution is 2.30. The Morgan fingerprint density at radius 1 is 1.24 bits per heavy atom. The van der Waals surface area contributed by atoms with Gasteiger partial charge in [0.1, 0.15) is 11.5 Å². The van der Waals surface area contributed by atoms with Crippen LogP contribution in [0.2, 0.25) is 0 Å². The number of nitrogens with zero attached hydrogens (tertiary/aromatic N) is 1. The number of carbonyl (C=O) groups is 1. The van der Waals surface area contributed by atoms with E-state index in [9.17, 15) is 4.79 Å². The Labute approximate surface area is 100 Å². The van der Waals surface area contributed by atoms with Crippen LogP contribution in [-0.2, 0) is 4.79 Å². The molecule has 5 nitrogen and oxygen atoms in total. The van der Waals surface area contributed by atoms with Gasteiger partial charge in [-0.1, -0.05) is 0 Å². The average molecular weight is 236 g/mol.